The van der Waals surface area contributed by atoms with Gasteiger partial charge in [-0.1, -0.05) is 12.1 Å². The summed E-state index contributed by atoms with van der Waals surface area (Å²) in [6.45, 7) is -0.458. The van der Waals surface area contributed by atoms with Crippen LogP contribution in [0.15, 0.2) is 24.3 Å². The van der Waals surface area contributed by atoms with Crippen LogP contribution < -0.4 is 10.6 Å². The molecule has 0 bridgehead atoms. The Hall–Kier alpha value is -2.41. The van der Waals surface area contributed by atoms with Crippen LogP contribution in [0.3, 0.4) is 0 Å². The van der Waals surface area contributed by atoms with Crippen molar-refractivity contribution < 1.29 is 19.5 Å². The van der Waals surface area contributed by atoms with Crippen LogP contribution in [0.1, 0.15) is 5.56 Å². The molecule has 0 spiro atoms. The molecule has 1 aliphatic heterocycles. The van der Waals surface area contributed by atoms with Crippen molar-refractivity contribution in [1.82, 2.24) is 10.2 Å². The van der Waals surface area contributed by atoms with Crippen molar-refractivity contribution in [3.63, 3.8) is 0 Å². The van der Waals surface area contributed by atoms with Crippen molar-refractivity contribution in [3.05, 3.63) is 29.8 Å². The number of nitrogens with zero attached hydrogens (tertiary/aromatic N) is 1. The second kappa shape index (κ2) is 5.49. The van der Waals surface area contributed by atoms with E-state index < -0.39 is 17.8 Å². The van der Waals surface area contributed by atoms with Gasteiger partial charge in [0.15, 0.2) is 0 Å². The number of carbonyl (C=O) groups excluding carboxylic acids is 3. The summed E-state index contributed by atoms with van der Waals surface area (Å²) in [5.41, 5.74) is 1.27. The minimum absolute atomic E-state index is 0.0721. The van der Waals surface area contributed by atoms with Gasteiger partial charge in [0.2, 0.25) is 5.91 Å². The molecule has 7 nitrogen and oxygen atoms in total. The summed E-state index contributed by atoms with van der Waals surface area (Å²) in [7, 11) is 0. The Balaban J connectivity index is 1.93. The summed E-state index contributed by atoms with van der Waals surface area (Å²) in [6, 6.07) is 6.05. The summed E-state index contributed by atoms with van der Waals surface area (Å²) < 4.78 is 0. The van der Waals surface area contributed by atoms with Crippen LogP contribution in [0.2, 0.25) is 0 Å². The first-order valence-electron chi connectivity index (χ1n) is 5.68. The number of urea groups is 1. The number of hydrogen-bond donors (Lipinski definition) is 3. The molecule has 0 aromatic heterocycles. The predicted molar refractivity (Wildman–Crippen MR) is 66.1 cm³/mol. The minimum atomic E-state index is -0.559. The highest BCUT2D eigenvalue weighted by Gasteiger charge is 2.29. The number of nitrogens with one attached hydrogen (secondary N) is 2. The molecular weight excluding hydrogens is 250 g/mol. The highest BCUT2D eigenvalue weighted by Crippen LogP contribution is 2.09. The third-order valence-corrected chi connectivity index (χ3v) is 2.66. The summed E-state index contributed by atoms with van der Waals surface area (Å²) in [5, 5.41) is 13.8. The molecule has 1 aromatic carbocycles. The quantitative estimate of drug-likeness (QED) is 0.648. The van der Waals surface area contributed by atoms with Gasteiger partial charge < -0.3 is 15.7 Å². The third-order valence-electron chi connectivity index (χ3n) is 2.66. The lowest BCUT2D eigenvalue weighted by Crippen LogP contribution is -2.38. The molecule has 1 fully saturated rings. The van der Waals surface area contributed by atoms with Gasteiger partial charge >= 0.3 is 6.03 Å². The maximum atomic E-state index is 11.7. The van der Waals surface area contributed by atoms with Crippen LogP contribution >= 0.6 is 0 Å². The van der Waals surface area contributed by atoms with Gasteiger partial charge in [0.1, 0.15) is 6.54 Å². The number of amides is 4. The molecule has 1 heterocycles. The normalized spacial score (nSPS) is 14.5. The number of imide groups is 1. The van der Waals surface area contributed by atoms with E-state index in [-0.39, 0.29) is 19.7 Å². The lowest BCUT2D eigenvalue weighted by molar-refractivity contribution is -0.128. The Labute approximate surface area is 109 Å². The standard InChI is InChI=1S/C12H13N3O4/c16-7-8-1-3-9(4-2-8)14-10(17)6-15-11(18)5-13-12(15)19/h1-4,16H,5-7H2,(H,13,19)(H,14,17). The molecule has 7 heteroatoms. The van der Waals surface area contributed by atoms with Crippen LogP contribution in [-0.4, -0.2) is 40.9 Å². The Morgan fingerprint density at radius 2 is 2.00 bits per heavy atom. The molecule has 0 unspecified atom stereocenters. The molecule has 3 N–H and O–H groups in total. The predicted octanol–water partition coefficient (Wildman–Crippen LogP) is -0.331. The zero-order chi connectivity index (χ0) is 13.8. The van der Waals surface area contributed by atoms with Gasteiger partial charge in [-0.3, -0.25) is 14.5 Å². The monoisotopic (exact) mass is 263 g/mol. The summed E-state index contributed by atoms with van der Waals surface area (Å²) in [6.07, 6.45) is 0. The van der Waals surface area contributed by atoms with Crippen molar-refractivity contribution in [2.45, 2.75) is 6.61 Å². The van der Waals surface area contributed by atoms with Gasteiger partial charge in [-0.2, -0.15) is 0 Å². The number of rotatable bonds is 4. The molecule has 1 aliphatic rings. The van der Waals surface area contributed by atoms with Crippen molar-refractivity contribution in [1.29, 1.82) is 0 Å². The lowest BCUT2D eigenvalue weighted by atomic mass is 10.2. The summed E-state index contributed by atoms with van der Waals surface area (Å²) >= 11 is 0. The molecule has 2 rings (SSSR count). The van der Waals surface area contributed by atoms with Crippen LogP contribution in [0.25, 0.3) is 0 Å². The first kappa shape index (κ1) is 13.0. The van der Waals surface area contributed by atoms with Crippen LogP contribution in [0, 0.1) is 0 Å². The zero-order valence-corrected chi connectivity index (χ0v) is 10.0. The maximum absolute atomic E-state index is 11.7. The van der Waals surface area contributed by atoms with Crippen molar-refractivity contribution in [2.24, 2.45) is 0 Å². The molecule has 100 valence electrons. The van der Waals surface area contributed by atoms with E-state index in [9.17, 15) is 14.4 Å². The second-order valence-electron chi connectivity index (χ2n) is 4.04. The van der Waals surface area contributed by atoms with E-state index in [0.29, 0.717) is 5.69 Å². The fourth-order valence-corrected chi connectivity index (χ4v) is 1.65. The van der Waals surface area contributed by atoms with Gasteiger partial charge in [-0.05, 0) is 17.7 Å². The maximum Gasteiger partial charge on any atom is 0.325 e. The Kier molecular flexibility index (Phi) is 3.76. The number of anilines is 1. The Morgan fingerprint density at radius 1 is 1.32 bits per heavy atom. The van der Waals surface area contributed by atoms with Crippen LogP contribution in [0.5, 0.6) is 0 Å². The fraction of sp³-hybridized carbons (Fsp3) is 0.250. The van der Waals surface area contributed by atoms with Crippen LogP contribution in [-0.2, 0) is 16.2 Å². The Bertz CT molecular complexity index is 496. The van der Waals surface area contributed by atoms with Crippen LogP contribution in [0.4, 0.5) is 10.5 Å². The van der Waals surface area contributed by atoms with Gasteiger partial charge in [-0.25, -0.2) is 4.79 Å². The van der Waals surface area contributed by atoms with Gasteiger partial charge in [0.25, 0.3) is 5.91 Å². The molecule has 0 aliphatic carbocycles. The van der Waals surface area contributed by atoms with E-state index in [4.69, 9.17) is 5.11 Å². The first-order valence-corrected chi connectivity index (χ1v) is 5.68. The fourth-order valence-electron chi connectivity index (χ4n) is 1.65. The number of benzene rings is 1. The average molecular weight is 263 g/mol. The lowest BCUT2D eigenvalue weighted by Gasteiger charge is -2.12. The number of aliphatic hydroxyl groups is 1. The van der Waals surface area contributed by atoms with Gasteiger partial charge in [0, 0.05) is 5.69 Å². The van der Waals surface area contributed by atoms with E-state index in [1.165, 1.54) is 0 Å². The molecular formula is C12H13N3O4. The Morgan fingerprint density at radius 3 is 2.53 bits per heavy atom. The number of hydrogen-bond acceptors (Lipinski definition) is 4. The van der Waals surface area contributed by atoms with Crippen molar-refractivity contribution in [2.75, 3.05) is 18.4 Å². The van der Waals surface area contributed by atoms with E-state index in [0.717, 1.165) is 10.5 Å². The zero-order valence-electron chi connectivity index (χ0n) is 10.0. The summed E-state index contributed by atoms with van der Waals surface area (Å²) in [4.78, 5) is 35.1. The van der Waals surface area contributed by atoms with E-state index in [2.05, 4.69) is 10.6 Å². The highest BCUT2D eigenvalue weighted by molar-refractivity contribution is 6.06. The first-order chi connectivity index (χ1) is 9.10. The molecule has 19 heavy (non-hydrogen) atoms. The largest absolute Gasteiger partial charge is 0.392 e. The summed E-state index contributed by atoms with van der Waals surface area (Å²) in [5.74, 6) is -0.877. The van der Waals surface area contributed by atoms with Crippen molar-refractivity contribution in [3.8, 4) is 0 Å². The number of carbonyl (C=O) groups is 3. The molecule has 4 amide bonds. The topological polar surface area (TPSA) is 98.7 Å². The molecule has 1 aromatic rings. The minimum Gasteiger partial charge on any atom is -0.392 e. The van der Waals surface area contributed by atoms with Gasteiger partial charge in [0.05, 0.1) is 13.2 Å². The SMILES string of the molecule is O=C(CN1C(=O)CNC1=O)Nc1ccc(CO)cc1. The third kappa shape index (κ3) is 3.08. The van der Waals surface area contributed by atoms with E-state index >= 15 is 0 Å². The van der Waals surface area contributed by atoms with E-state index in [1.807, 2.05) is 0 Å². The van der Waals surface area contributed by atoms with Crippen molar-refractivity contribution >= 4 is 23.5 Å². The highest BCUT2D eigenvalue weighted by atomic mass is 16.3. The average Bonchev–Trinajstić information content (AvgIpc) is 2.71. The van der Waals surface area contributed by atoms with Gasteiger partial charge in [-0.15, -0.1) is 0 Å². The molecule has 1 saturated heterocycles. The van der Waals surface area contributed by atoms with E-state index in [1.54, 1.807) is 24.3 Å². The molecule has 0 radical (unpaired) electrons. The number of aliphatic hydroxyl groups excluding tert-OH is 1. The second-order valence-corrected chi connectivity index (χ2v) is 4.04. The smallest absolute Gasteiger partial charge is 0.325 e. The molecule has 0 atom stereocenters. The molecule has 0 saturated carbocycles.